The number of ether oxygens (including phenoxy) is 1. The standard InChI is InChI=1S/C24H28ClFN4O4/c1-16-15-29(11-12-34-16)22(23-19(25)5-4-6-20(23)26)14-27-24(31)18-13-17(30(32)33)7-8-21(18)28-9-2-3-10-28/h4-8,13,16,22H,2-3,9-12,14-15H2,1H3,(H,27,31). The molecule has 0 saturated carbocycles. The molecule has 0 bridgehead atoms. The van der Waals surface area contributed by atoms with E-state index in [-0.39, 0.29) is 28.9 Å². The van der Waals surface area contributed by atoms with Crippen molar-refractivity contribution in [2.75, 3.05) is 44.2 Å². The van der Waals surface area contributed by atoms with Crippen molar-refractivity contribution in [2.45, 2.75) is 31.9 Å². The molecular formula is C24H28ClFN4O4. The minimum absolute atomic E-state index is 0.0453. The van der Waals surface area contributed by atoms with E-state index < -0.39 is 22.7 Å². The van der Waals surface area contributed by atoms with Gasteiger partial charge in [-0.25, -0.2) is 4.39 Å². The molecule has 2 unspecified atom stereocenters. The number of morpholine rings is 1. The molecule has 2 aliphatic rings. The van der Waals surface area contributed by atoms with Gasteiger partial charge in [0.25, 0.3) is 11.6 Å². The van der Waals surface area contributed by atoms with Crippen molar-refractivity contribution < 1.29 is 18.8 Å². The Labute approximate surface area is 202 Å². The van der Waals surface area contributed by atoms with E-state index in [0.717, 1.165) is 25.9 Å². The number of nitrogens with one attached hydrogen (secondary N) is 1. The average Bonchev–Trinajstić information content (AvgIpc) is 3.35. The SMILES string of the molecule is CC1CN(C(CNC(=O)c2cc([N+](=O)[O-])ccc2N2CCCC2)c2c(F)cccc2Cl)CCO1. The van der Waals surface area contributed by atoms with E-state index >= 15 is 0 Å². The van der Waals surface area contributed by atoms with Crippen molar-refractivity contribution in [3.05, 3.63) is 68.5 Å². The van der Waals surface area contributed by atoms with Gasteiger partial charge in [-0.05, 0) is 38.0 Å². The van der Waals surface area contributed by atoms with Gasteiger partial charge in [0.2, 0.25) is 0 Å². The molecule has 2 aromatic carbocycles. The molecule has 2 aromatic rings. The van der Waals surface area contributed by atoms with E-state index in [1.54, 1.807) is 18.2 Å². The first-order chi connectivity index (χ1) is 16.3. The fourth-order valence-electron chi connectivity index (χ4n) is 4.71. The van der Waals surface area contributed by atoms with Gasteiger partial charge in [-0.1, -0.05) is 17.7 Å². The number of nitro groups is 1. The molecule has 1 N–H and O–H groups in total. The van der Waals surface area contributed by atoms with Crippen molar-refractivity contribution in [3.63, 3.8) is 0 Å². The maximum absolute atomic E-state index is 14.9. The molecule has 182 valence electrons. The van der Waals surface area contributed by atoms with Crippen molar-refractivity contribution in [1.29, 1.82) is 0 Å². The zero-order valence-electron chi connectivity index (χ0n) is 19.0. The van der Waals surface area contributed by atoms with Gasteiger partial charge >= 0.3 is 0 Å². The Hall–Kier alpha value is -2.75. The lowest BCUT2D eigenvalue weighted by Gasteiger charge is -2.38. The Morgan fingerprint density at radius 1 is 1.29 bits per heavy atom. The first-order valence-corrected chi connectivity index (χ1v) is 11.8. The smallest absolute Gasteiger partial charge is 0.270 e. The minimum Gasteiger partial charge on any atom is -0.376 e. The molecule has 2 aliphatic heterocycles. The van der Waals surface area contributed by atoms with Crippen LogP contribution in [0.15, 0.2) is 36.4 Å². The third kappa shape index (κ3) is 5.32. The lowest BCUT2D eigenvalue weighted by Crippen LogP contribution is -2.47. The summed E-state index contributed by atoms with van der Waals surface area (Å²) in [5, 5.41) is 14.5. The number of halogens is 2. The Morgan fingerprint density at radius 3 is 2.74 bits per heavy atom. The monoisotopic (exact) mass is 490 g/mol. The number of hydrogen-bond acceptors (Lipinski definition) is 6. The molecule has 0 spiro atoms. The van der Waals surface area contributed by atoms with Gasteiger partial charge in [-0.15, -0.1) is 0 Å². The van der Waals surface area contributed by atoms with Gasteiger partial charge < -0.3 is 15.0 Å². The number of nitrogens with zero attached hydrogens (tertiary/aromatic N) is 3. The molecule has 10 heteroatoms. The molecule has 0 radical (unpaired) electrons. The average molecular weight is 491 g/mol. The van der Waals surface area contributed by atoms with Crippen LogP contribution in [0.2, 0.25) is 5.02 Å². The van der Waals surface area contributed by atoms with Crippen molar-refractivity contribution in [3.8, 4) is 0 Å². The van der Waals surface area contributed by atoms with Crippen LogP contribution < -0.4 is 10.2 Å². The molecule has 4 rings (SSSR count). The first kappa shape index (κ1) is 24.4. The number of rotatable bonds is 7. The summed E-state index contributed by atoms with van der Waals surface area (Å²) >= 11 is 6.39. The summed E-state index contributed by atoms with van der Waals surface area (Å²) in [6, 6.07) is 8.37. The molecular weight excluding hydrogens is 463 g/mol. The second-order valence-electron chi connectivity index (χ2n) is 8.69. The van der Waals surface area contributed by atoms with Gasteiger partial charge in [-0.3, -0.25) is 19.8 Å². The van der Waals surface area contributed by atoms with Gasteiger partial charge in [0.05, 0.1) is 34.9 Å². The van der Waals surface area contributed by atoms with Crippen LogP contribution in [0.4, 0.5) is 15.8 Å². The van der Waals surface area contributed by atoms with Crippen LogP contribution in [0, 0.1) is 15.9 Å². The van der Waals surface area contributed by atoms with Crippen LogP contribution in [0.3, 0.4) is 0 Å². The third-order valence-corrected chi connectivity index (χ3v) is 6.71. The molecule has 1 amide bonds. The van der Waals surface area contributed by atoms with E-state index in [9.17, 15) is 19.3 Å². The van der Waals surface area contributed by atoms with Crippen LogP contribution in [0.1, 0.15) is 41.7 Å². The summed E-state index contributed by atoms with van der Waals surface area (Å²) in [4.78, 5) is 28.3. The number of amides is 1. The molecule has 2 saturated heterocycles. The zero-order valence-corrected chi connectivity index (χ0v) is 19.8. The number of carbonyl (C=O) groups excluding carboxylic acids is 1. The van der Waals surface area contributed by atoms with Crippen LogP contribution in [0.5, 0.6) is 0 Å². The second-order valence-corrected chi connectivity index (χ2v) is 9.10. The highest BCUT2D eigenvalue weighted by Crippen LogP contribution is 2.32. The first-order valence-electron chi connectivity index (χ1n) is 11.5. The Morgan fingerprint density at radius 2 is 2.06 bits per heavy atom. The summed E-state index contributed by atoms with van der Waals surface area (Å²) in [5.74, 6) is -0.886. The number of anilines is 1. The Kier molecular flexibility index (Phi) is 7.65. The Bertz CT molecular complexity index is 1040. The highest BCUT2D eigenvalue weighted by Gasteiger charge is 2.30. The van der Waals surface area contributed by atoms with Crippen molar-refractivity contribution in [2.24, 2.45) is 0 Å². The predicted molar refractivity (Wildman–Crippen MR) is 128 cm³/mol. The van der Waals surface area contributed by atoms with E-state index in [0.29, 0.717) is 30.9 Å². The van der Waals surface area contributed by atoms with Crippen molar-refractivity contribution >= 4 is 28.9 Å². The van der Waals surface area contributed by atoms with Crippen LogP contribution in [0.25, 0.3) is 0 Å². The summed E-state index contributed by atoms with van der Waals surface area (Å²) in [7, 11) is 0. The molecule has 2 heterocycles. The molecule has 2 fully saturated rings. The fraction of sp³-hybridized carbons (Fsp3) is 0.458. The van der Waals surface area contributed by atoms with E-state index in [4.69, 9.17) is 16.3 Å². The number of hydrogen-bond donors (Lipinski definition) is 1. The van der Waals surface area contributed by atoms with Gasteiger partial charge in [0.15, 0.2) is 0 Å². The summed E-state index contributed by atoms with van der Waals surface area (Å²) in [6.07, 6.45) is 1.96. The van der Waals surface area contributed by atoms with E-state index in [1.165, 1.54) is 18.2 Å². The maximum Gasteiger partial charge on any atom is 0.270 e. The van der Waals surface area contributed by atoms with Crippen LogP contribution >= 0.6 is 11.6 Å². The lowest BCUT2D eigenvalue weighted by atomic mass is 10.0. The quantitative estimate of drug-likeness (QED) is 0.462. The molecule has 0 aromatic heterocycles. The highest BCUT2D eigenvalue weighted by molar-refractivity contribution is 6.31. The van der Waals surface area contributed by atoms with Gasteiger partial charge in [0.1, 0.15) is 5.82 Å². The topological polar surface area (TPSA) is 88.0 Å². The molecule has 34 heavy (non-hydrogen) atoms. The minimum atomic E-state index is -0.516. The van der Waals surface area contributed by atoms with Crippen LogP contribution in [-0.4, -0.2) is 61.2 Å². The Balaban J connectivity index is 1.62. The summed E-state index contributed by atoms with van der Waals surface area (Å²) < 4.78 is 20.5. The molecule has 2 atom stereocenters. The maximum atomic E-state index is 14.9. The molecule has 0 aliphatic carbocycles. The summed E-state index contributed by atoms with van der Waals surface area (Å²) in [6.45, 7) is 5.22. The fourth-order valence-corrected chi connectivity index (χ4v) is 5.00. The number of benzene rings is 2. The van der Waals surface area contributed by atoms with Gasteiger partial charge in [-0.2, -0.15) is 0 Å². The van der Waals surface area contributed by atoms with Crippen LogP contribution in [-0.2, 0) is 4.74 Å². The van der Waals surface area contributed by atoms with E-state index in [1.807, 2.05) is 11.8 Å². The number of non-ortho nitro benzene ring substituents is 1. The lowest BCUT2D eigenvalue weighted by molar-refractivity contribution is -0.384. The van der Waals surface area contributed by atoms with E-state index in [2.05, 4.69) is 10.2 Å². The number of nitro benzene ring substituents is 1. The molecule has 8 nitrogen and oxygen atoms in total. The zero-order chi connectivity index (χ0) is 24.2. The largest absolute Gasteiger partial charge is 0.376 e. The van der Waals surface area contributed by atoms with Crippen molar-refractivity contribution in [1.82, 2.24) is 10.2 Å². The predicted octanol–water partition coefficient (Wildman–Crippen LogP) is 4.18. The second kappa shape index (κ2) is 10.7. The number of carbonyl (C=O) groups is 1. The third-order valence-electron chi connectivity index (χ3n) is 6.38. The summed E-state index contributed by atoms with van der Waals surface area (Å²) in [5.41, 5.74) is 1.08. The van der Waals surface area contributed by atoms with Gasteiger partial charge in [0, 0.05) is 55.4 Å². The highest BCUT2D eigenvalue weighted by atomic mass is 35.5. The normalized spacial score (nSPS) is 19.7.